The molecule has 0 saturated heterocycles. The Hall–Kier alpha value is -3.35. The van der Waals surface area contributed by atoms with E-state index in [9.17, 15) is 18.0 Å². The Labute approximate surface area is 163 Å². The summed E-state index contributed by atoms with van der Waals surface area (Å²) in [7, 11) is -3.74. The van der Waals surface area contributed by atoms with Crippen molar-refractivity contribution in [2.75, 3.05) is 13.2 Å². The van der Waals surface area contributed by atoms with Crippen molar-refractivity contribution in [2.45, 2.75) is 11.8 Å². The van der Waals surface area contributed by atoms with Crippen LogP contribution < -0.4 is 20.3 Å². The van der Waals surface area contributed by atoms with Gasteiger partial charge in [-0.05, 0) is 55.5 Å². The number of hydrogen-bond donors (Lipinski definition) is 3. The molecule has 8 nitrogen and oxygen atoms in total. The van der Waals surface area contributed by atoms with Crippen LogP contribution in [0.1, 0.15) is 27.6 Å². The minimum atomic E-state index is -3.74. The molecule has 0 aliphatic rings. The van der Waals surface area contributed by atoms with Crippen molar-refractivity contribution in [1.29, 1.82) is 0 Å². The Kier molecular flexibility index (Phi) is 7.14. The predicted octanol–water partition coefficient (Wildman–Crippen LogP) is 1.07. The van der Waals surface area contributed by atoms with Gasteiger partial charge in [0.2, 0.25) is 10.0 Å². The standard InChI is InChI=1S/C19H19N3O5S/c1-3-13-20-28(25,26)17-11-7-15(8-12-17)19(24)22-21-18(23)14-5-9-16(10-6-14)27-4-2/h1,5-12,20H,4,13H2,2H3,(H,21,23)(H,22,24). The van der Waals surface area contributed by atoms with Gasteiger partial charge in [-0.15, -0.1) is 6.42 Å². The van der Waals surface area contributed by atoms with Crippen molar-refractivity contribution in [3.8, 4) is 18.1 Å². The zero-order valence-corrected chi connectivity index (χ0v) is 15.9. The van der Waals surface area contributed by atoms with Crippen LogP contribution in [-0.2, 0) is 10.0 Å². The Morgan fingerprint density at radius 1 is 0.964 bits per heavy atom. The number of amides is 2. The molecule has 0 heterocycles. The maximum Gasteiger partial charge on any atom is 0.269 e. The summed E-state index contributed by atoms with van der Waals surface area (Å²) in [5, 5.41) is 0. The van der Waals surface area contributed by atoms with Crippen LogP contribution >= 0.6 is 0 Å². The van der Waals surface area contributed by atoms with Gasteiger partial charge in [0.15, 0.2) is 0 Å². The second kappa shape index (κ2) is 9.55. The molecule has 28 heavy (non-hydrogen) atoms. The van der Waals surface area contributed by atoms with E-state index in [0.717, 1.165) is 0 Å². The van der Waals surface area contributed by atoms with Gasteiger partial charge >= 0.3 is 0 Å². The van der Waals surface area contributed by atoms with E-state index in [1.807, 2.05) is 6.92 Å². The highest BCUT2D eigenvalue weighted by atomic mass is 32.2. The van der Waals surface area contributed by atoms with Crippen LogP contribution in [0.25, 0.3) is 0 Å². The molecule has 146 valence electrons. The van der Waals surface area contributed by atoms with E-state index < -0.39 is 21.8 Å². The van der Waals surface area contributed by atoms with Crippen LogP contribution in [0.2, 0.25) is 0 Å². The molecule has 0 fully saturated rings. The summed E-state index contributed by atoms with van der Waals surface area (Å²) >= 11 is 0. The number of rotatable bonds is 7. The van der Waals surface area contributed by atoms with Gasteiger partial charge in [-0.3, -0.25) is 20.4 Å². The van der Waals surface area contributed by atoms with Gasteiger partial charge < -0.3 is 4.74 Å². The third-order valence-corrected chi connectivity index (χ3v) is 4.93. The van der Waals surface area contributed by atoms with Crippen LogP contribution in [0.5, 0.6) is 5.75 Å². The molecule has 0 unspecified atom stereocenters. The van der Waals surface area contributed by atoms with Crippen LogP contribution in [0.4, 0.5) is 0 Å². The number of carbonyl (C=O) groups is 2. The molecule has 2 amide bonds. The maximum atomic E-state index is 12.1. The molecular weight excluding hydrogens is 382 g/mol. The number of carbonyl (C=O) groups excluding carboxylic acids is 2. The summed E-state index contributed by atoms with van der Waals surface area (Å²) < 4.78 is 31.4. The average molecular weight is 401 g/mol. The largest absolute Gasteiger partial charge is 0.494 e. The molecule has 0 radical (unpaired) electrons. The van der Waals surface area contributed by atoms with E-state index in [-0.39, 0.29) is 17.0 Å². The van der Waals surface area contributed by atoms with Crippen molar-refractivity contribution < 1.29 is 22.7 Å². The quantitative estimate of drug-likeness (QED) is 0.474. The zero-order valence-electron chi connectivity index (χ0n) is 15.1. The van der Waals surface area contributed by atoms with Gasteiger partial charge in [0.1, 0.15) is 5.75 Å². The van der Waals surface area contributed by atoms with Gasteiger partial charge in [-0.25, -0.2) is 8.42 Å². The number of terminal acetylenes is 1. The molecule has 0 aliphatic carbocycles. The summed E-state index contributed by atoms with van der Waals surface area (Å²) in [4.78, 5) is 24.2. The first-order valence-corrected chi connectivity index (χ1v) is 9.72. The molecule has 0 spiro atoms. The van der Waals surface area contributed by atoms with Gasteiger partial charge in [-0.1, -0.05) is 5.92 Å². The number of hydrogen-bond acceptors (Lipinski definition) is 5. The fourth-order valence-electron chi connectivity index (χ4n) is 2.13. The highest BCUT2D eigenvalue weighted by molar-refractivity contribution is 7.89. The van der Waals surface area contributed by atoms with Crippen molar-refractivity contribution >= 4 is 21.8 Å². The van der Waals surface area contributed by atoms with Gasteiger partial charge in [0, 0.05) is 11.1 Å². The third kappa shape index (κ3) is 5.57. The first kappa shape index (κ1) is 21.0. The molecule has 0 bridgehead atoms. The van der Waals surface area contributed by atoms with Crippen molar-refractivity contribution in [3.05, 3.63) is 59.7 Å². The van der Waals surface area contributed by atoms with E-state index in [4.69, 9.17) is 11.2 Å². The van der Waals surface area contributed by atoms with Crippen LogP contribution in [0.15, 0.2) is 53.4 Å². The minimum absolute atomic E-state index is 0.0299. The van der Waals surface area contributed by atoms with E-state index in [1.165, 1.54) is 24.3 Å². The lowest BCUT2D eigenvalue weighted by atomic mass is 10.2. The SMILES string of the molecule is C#CCNS(=O)(=O)c1ccc(C(=O)NNC(=O)c2ccc(OCC)cc2)cc1. The van der Waals surface area contributed by atoms with Crippen LogP contribution in [0.3, 0.4) is 0 Å². The molecule has 2 aromatic carbocycles. The molecule has 3 N–H and O–H groups in total. The summed E-state index contributed by atoms with van der Waals surface area (Å²) in [6, 6.07) is 11.6. The van der Waals surface area contributed by atoms with E-state index in [2.05, 4.69) is 21.5 Å². The first-order valence-electron chi connectivity index (χ1n) is 8.24. The molecule has 0 aliphatic heterocycles. The Bertz CT molecular complexity index is 978. The van der Waals surface area contributed by atoms with Crippen LogP contribution in [-0.4, -0.2) is 33.4 Å². The normalized spacial score (nSPS) is 10.6. The van der Waals surface area contributed by atoms with Gasteiger partial charge in [-0.2, -0.15) is 4.72 Å². The topological polar surface area (TPSA) is 114 Å². The Balaban J connectivity index is 1.95. The molecule has 2 aromatic rings. The fraction of sp³-hybridized carbons (Fsp3) is 0.158. The minimum Gasteiger partial charge on any atom is -0.494 e. The van der Waals surface area contributed by atoms with E-state index in [1.54, 1.807) is 24.3 Å². The number of hydrazine groups is 1. The zero-order chi connectivity index (χ0) is 20.6. The van der Waals surface area contributed by atoms with Gasteiger partial charge in [0.05, 0.1) is 18.0 Å². The lowest BCUT2D eigenvalue weighted by molar-refractivity contribution is 0.0846. The van der Waals surface area contributed by atoms with Gasteiger partial charge in [0.25, 0.3) is 11.8 Å². The lowest BCUT2D eigenvalue weighted by Crippen LogP contribution is -2.41. The van der Waals surface area contributed by atoms with Crippen molar-refractivity contribution in [1.82, 2.24) is 15.6 Å². The third-order valence-electron chi connectivity index (χ3n) is 3.51. The molecule has 9 heteroatoms. The van der Waals surface area contributed by atoms with E-state index in [0.29, 0.717) is 17.9 Å². The lowest BCUT2D eigenvalue weighted by Gasteiger charge is -2.09. The summed E-state index contributed by atoms with van der Waals surface area (Å²) in [6.07, 6.45) is 5.03. The second-order valence-corrected chi connectivity index (χ2v) is 7.19. The highest BCUT2D eigenvalue weighted by Gasteiger charge is 2.14. The summed E-state index contributed by atoms with van der Waals surface area (Å²) in [5.74, 6) is 1.70. The number of sulfonamides is 1. The van der Waals surface area contributed by atoms with Crippen LogP contribution in [0, 0.1) is 12.3 Å². The van der Waals surface area contributed by atoms with Crippen molar-refractivity contribution in [2.24, 2.45) is 0 Å². The van der Waals surface area contributed by atoms with Crippen molar-refractivity contribution in [3.63, 3.8) is 0 Å². The predicted molar refractivity (Wildman–Crippen MR) is 103 cm³/mol. The molecule has 0 aromatic heterocycles. The monoisotopic (exact) mass is 401 g/mol. The molecule has 0 saturated carbocycles. The summed E-state index contributed by atoms with van der Waals surface area (Å²) in [5.41, 5.74) is 5.06. The average Bonchev–Trinajstić information content (AvgIpc) is 2.71. The summed E-state index contributed by atoms with van der Waals surface area (Å²) in [6.45, 7) is 2.23. The number of nitrogens with one attached hydrogen (secondary N) is 3. The second-order valence-electron chi connectivity index (χ2n) is 5.42. The first-order chi connectivity index (χ1) is 13.4. The maximum absolute atomic E-state index is 12.1. The molecular formula is C19H19N3O5S. The number of ether oxygens (including phenoxy) is 1. The molecule has 0 atom stereocenters. The highest BCUT2D eigenvalue weighted by Crippen LogP contribution is 2.12. The fourth-order valence-corrected chi connectivity index (χ4v) is 3.07. The smallest absolute Gasteiger partial charge is 0.269 e. The number of benzene rings is 2. The Morgan fingerprint density at radius 3 is 1.93 bits per heavy atom. The Morgan fingerprint density at radius 2 is 1.46 bits per heavy atom. The molecule has 2 rings (SSSR count). The van der Waals surface area contributed by atoms with E-state index >= 15 is 0 Å².